The van der Waals surface area contributed by atoms with Gasteiger partial charge in [0.1, 0.15) is 0 Å². The minimum atomic E-state index is -0.393. The molecule has 1 aliphatic rings. The van der Waals surface area contributed by atoms with Gasteiger partial charge in [-0.15, -0.1) is 11.8 Å². The van der Waals surface area contributed by atoms with Crippen molar-refractivity contribution in [2.24, 2.45) is 0 Å². The van der Waals surface area contributed by atoms with E-state index in [9.17, 15) is 10.1 Å². The summed E-state index contributed by atoms with van der Waals surface area (Å²) in [6.45, 7) is 5.97. The quantitative estimate of drug-likeness (QED) is 0.835. The van der Waals surface area contributed by atoms with Crippen molar-refractivity contribution >= 4 is 17.7 Å². The highest BCUT2D eigenvalue weighted by Crippen LogP contribution is 2.40. The van der Waals surface area contributed by atoms with Gasteiger partial charge in [0, 0.05) is 5.70 Å². The van der Waals surface area contributed by atoms with Gasteiger partial charge in [0.15, 0.2) is 0 Å². The normalized spacial score (nSPS) is 17.6. The lowest BCUT2D eigenvalue weighted by Gasteiger charge is -2.29. The highest BCUT2D eigenvalue weighted by atomic mass is 32.2. The van der Waals surface area contributed by atoms with Crippen molar-refractivity contribution in [2.45, 2.75) is 26.7 Å². The monoisotopic (exact) mass is 328 g/mol. The summed E-state index contributed by atoms with van der Waals surface area (Å²) in [5, 5.41) is 13.7. The Morgan fingerprint density at radius 2 is 2.04 bits per heavy atom. The van der Waals surface area contributed by atoms with E-state index in [4.69, 9.17) is 4.74 Å². The van der Waals surface area contributed by atoms with Crippen LogP contribution in [0.3, 0.4) is 0 Å². The van der Waals surface area contributed by atoms with Crippen LogP contribution in [0, 0.1) is 11.3 Å². The summed E-state index contributed by atoms with van der Waals surface area (Å²) in [6.07, 6.45) is 0. The molecule has 0 saturated heterocycles. The van der Waals surface area contributed by atoms with Gasteiger partial charge in [0.05, 0.1) is 34.8 Å². The van der Waals surface area contributed by atoms with Crippen LogP contribution in [0.4, 0.5) is 0 Å². The lowest BCUT2D eigenvalue weighted by molar-refractivity contribution is -0.138. The molecule has 0 spiro atoms. The van der Waals surface area contributed by atoms with Crippen LogP contribution in [0.5, 0.6) is 0 Å². The van der Waals surface area contributed by atoms with Crippen LogP contribution in [0.1, 0.15) is 32.3 Å². The Balaban J connectivity index is 2.59. The summed E-state index contributed by atoms with van der Waals surface area (Å²) in [5.41, 5.74) is 2.74. The van der Waals surface area contributed by atoms with E-state index in [0.29, 0.717) is 17.8 Å². The maximum Gasteiger partial charge on any atom is 0.336 e. The largest absolute Gasteiger partial charge is 0.463 e. The maximum absolute atomic E-state index is 12.5. The molecular formula is C18H20N2O2S. The van der Waals surface area contributed by atoms with E-state index in [1.54, 1.807) is 18.7 Å². The Morgan fingerprint density at radius 3 is 2.61 bits per heavy atom. The van der Waals surface area contributed by atoms with Crippen molar-refractivity contribution in [1.29, 1.82) is 5.26 Å². The number of hydrogen-bond acceptors (Lipinski definition) is 5. The molecule has 1 N–H and O–H groups in total. The highest BCUT2D eigenvalue weighted by Gasteiger charge is 2.35. The van der Waals surface area contributed by atoms with E-state index in [-0.39, 0.29) is 5.97 Å². The average Bonchev–Trinajstić information content (AvgIpc) is 2.55. The summed E-state index contributed by atoms with van der Waals surface area (Å²) >= 11 is 1.57. The standard InChI is InChI=1S/C18H20N2O2S/c1-4-22-18(21)15-12(3)20-17(23-5-2)14(11-19)16(15)13-9-7-6-8-10-13/h6-10,16,20H,4-5H2,1-3H3. The molecule has 2 rings (SSSR count). The lowest BCUT2D eigenvalue weighted by Crippen LogP contribution is -2.28. The van der Waals surface area contributed by atoms with Gasteiger partial charge < -0.3 is 10.1 Å². The molecule has 1 aromatic rings. The second-order valence-corrected chi connectivity index (χ2v) is 6.29. The number of thioether (sulfide) groups is 1. The average molecular weight is 328 g/mol. The highest BCUT2D eigenvalue weighted by molar-refractivity contribution is 8.03. The summed E-state index contributed by atoms with van der Waals surface area (Å²) in [7, 11) is 0. The zero-order valence-corrected chi connectivity index (χ0v) is 14.4. The first-order chi connectivity index (χ1) is 11.1. The number of rotatable bonds is 5. The zero-order valence-electron chi connectivity index (χ0n) is 13.6. The Kier molecular flexibility index (Phi) is 5.89. The zero-order chi connectivity index (χ0) is 16.8. The number of dihydropyridines is 1. The molecule has 0 amide bonds. The Bertz CT molecular complexity index is 687. The molecule has 23 heavy (non-hydrogen) atoms. The third kappa shape index (κ3) is 3.59. The number of esters is 1. The first-order valence-electron chi connectivity index (χ1n) is 7.60. The minimum absolute atomic E-state index is 0.305. The Labute approximate surface area is 141 Å². The Hall–Kier alpha value is -2.19. The Morgan fingerprint density at radius 1 is 1.35 bits per heavy atom. The fourth-order valence-electron chi connectivity index (χ4n) is 2.63. The van der Waals surface area contributed by atoms with E-state index in [2.05, 4.69) is 11.4 Å². The molecule has 0 saturated carbocycles. The first-order valence-corrected chi connectivity index (χ1v) is 8.59. The van der Waals surface area contributed by atoms with Gasteiger partial charge in [-0.2, -0.15) is 5.26 Å². The molecule has 0 bridgehead atoms. The molecule has 120 valence electrons. The molecule has 0 aromatic heterocycles. The number of hydrogen-bond donors (Lipinski definition) is 1. The van der Waals surface area contributed by atoms with Gasteiger partial charge in [-0.05, 0) is 25.2 Å². The molecule has 0 fully saturated rings. The van der Waals surface area contributed by atoms with E-state index < -0.39 is 5.92 Å². The maximum atomic E-state index is 12.5. The number of carbonyl (C=O) groups excluding carboxylic acids is 1. The molecule has 1 aliphatic heterocycles. The van der Waals surface area contributed by atoms with Crippen LogP contribution in [0.15, 0.2) is 52.2 Å². The van der Waals surface area contributed by atoms with Crippen molar-refractivity contribution in [1.82, 2.24) is 5.32 Å². The van der Waals surface area contributed by atoms with E-state index in [1.165, 1.54) is 0 Å². The number of nitrogens with one attached hydrogen (secondary N) is 1. The van der Waals surface area contributed by atoms with Crippen LogP contribution in [-0.2, 0) is 9.53 Å². The molecule has 1 unspecified atom stereocenters. The topological polar surface area (TPSA) is 62.1 Å². The first kappa shape index (κ1) is 17.2. The number of ether oxygens (including phenoxy) is 1. The predicted molar refractivity (Wildman–Crippen MR) is 92.4 cm³/mol. The van der Waals surface area contributed by atoms with E-state index >= 15 is 0 Å². The number of nitriles is 1. The fraction of sp³-hybridized carbons (Fsp3) is 0.333. The molecular weight excluding hydrogens is 308 g/mol. The molecule has 1 aromatic carbocycles. The van der Waals surface area contributed by atoms with Gasteiger partial charge in [0.25, 0.3) is 0 Å². The van der Waals surface area contributed by atoms with Crippen molar-refractivity contribution in [3.63, 3.8) is 0 Å². The van der Waals surface area contributed by atoms with Crippen LogP contribution < -0.4 is 5.32 Å². The number of benzene rings is 1. The summed E-state index contributed by atoms with van der Waals surface area (Å²) < 4.78 is 5.22. The molecule has 0 radical (unpaired) electrons. The number of nitrogens with zero attached hydrogens (tertiary/aromatic N) is 1. The van der Waals surface area contributed by atoms with Crippen LogP contribution in [0.25, 0.3) is 0 Å². The number of allylic oxidation sites excluding steroid dienone is 2. The van der Waals surface area contributed by atoms with Gasteiger partial charge in [-0.1, -0.05) is 37.3 Å². The SMILES string of the molecule is CCOC(=O)C1=C(C)NC(SCC)=C(C#N)C1c1ccccc1. The van der Waals surface area contributed by atoms with Crippen LogP contribution in [0.2, 0.25) is 0 Å². The van der Waals surface area contributed by atoms with Gasteiger partial charge in [-0.25, -0.2) is 4.79 Å². The van der Waals surface area contributed by atoms with Gasteiger partial charge in [-0.3, -0.25) is 0 Å². The third-order valence-electron chi connectivity index (χ3n) is 3.56. The third-order valence-corrected chi connectivity index (χ3v) is 4.46. The van der Waals surface area contributed by atoms with Crippen molar-refractivity contribution in [2.75, 3.05) is 12.4 Å². The van der Waals surface area contributed by atoms with Gasteiger partial charge >= 0.3 is 5.97 Å². The predicted octanol–water partition coefficient (Wildman–Crippen LogP) is 3.70. The minimum Gasteiger partial charge on any atom is -0.463 e. The lowest BCUT2D eigenvalue weighted by atomic mass is 9.82. The second-order valence-electron chi connectivity index (χ2n) is 5.02. The van der Waals surface area contributed by atoms with Crippen LogP contribution >= 0.6 is 11.8 Å². The van der Waals surface area contributed by atoms with Gasteiger partial charge in [0.2, 0.25) is 0 Å². The van der Waals surface area contributed by atoms with E-state index in [0.717, 1.165) is 22.0 Å². The molecule has 4 nitrogen and oxygen atoms in total. The van der Waals surface area contributed by atoms with E-state index in [1.807, 2.05) is 44.2 Å². The second kappa shape index (κ2) is 7.89. The summed E-state index contributed by atoms with van der Waals surface area (Å²) in [4.78, 5) is 12.5. The van der Waals surface area contributed by atoms with Crippen molar-refractivity contribution in [3.05, 3.63) is 57.8 Å². The molecule has 5 heteroatoms. The molecule has 1 atom stereocenters. The smallest absolute Gasteiger partial charge is 0.336 e. The van der Waals surface area contributed by atoms with Crippen molar-refractivity contribution < 1.29 is 9.53 Å². The number of carbonyl (C=O) groups is 1. The fourth-order valence-corrected chi connectivity index (χ4v) is 3.46. The molecule has 0 aliphatic carbocycles. The van der Waals surface area contributed by atoms with Crippen LogP contribution in [-0.4, -0.2) is 18.3 Å². The van der Waals surface area contributed by atoms with Crippen molar-refractivity contribution in [3.8, 4) is 6.07 Å². The molecule has 1 heterocycles. The summed E-state index contributed by atoms with van der Waals surface area (Å²) in [6, 6.07) is 11.9. The summed E-state index contributed by atoms with van der Waals surface area (Å²) in [5.74, 6) is 0.0760.